The molecule has 0 spiro atoms. The number of hydrogen-bond acceptors (Lipinski definition) is 6. The van der Waals surface area contributed by atoms with Gasteiger partial charge in [-0.15, -0.1) is 0 Å². The molecular weight excluding hydrogens is 600 g/mol. The van der Waals surface area contributed by atoms with E-state index in [0.717, 1.165) is 44.9 Å². The van der Waals surface area contributed by atoms with E-state index in [4.69, 9.17) is 9.47 Å². The van der Waals surface area contributed by atoms with Gasteiger partial charge in [0, 0.05) is 12.8 Å². The summed E-state index contributed by atoms with van der Waals surface area (Å²) in [6.07, 6.45) is 44.6. The molecule has 0 aliphatic heterocycles. The molecule has 276 valence electrons. The van der Waals surface area contributed by atoms with Gasteiger partial charge in [0.1, 0.15) is 6.61 Å². The normalized spacial score (nSPS) is 13.5. The number of carbonyl (C=O) groups excluding carboxylic acids is 2. The Labute approximate surface area is 294 Å². The fourth-order valence-electron chi connectivity index (χ4n) is 5.20. The van der Waals surface area contributed by atoms with Crippen LogP contribution >= 0.6 is 0 Å². The van der Waals surface area contributed by atoms with E-state index >= 15 is 0 Å². The summed E-state index contributed by atoms with van der Waals surface area (Å²) in [6.45, 7) is 3.90. The van der Waals surface area contributed by atoms with Gasteiger partial charge in [-0.1, -0.05) is 171 Å². The molecule has 0 fully saturated rings. The minimum atomic E-state index is -0.811. The number of aliphatic hydroxyl groups is 2. The van der Waals surface area contributed by atoms with Gasteiger partial charge >= 0.3 is 11.9 Å². The molecule has 0 saturated heterocycles. The molecule has 0 aliphatic rings. The van der Waals surface area contributed by atoms with E-state index in [0.29, 0.717) is 19.3 Å². The second kappa shape index (κ2) is 37.4. The Morgan fingerprint density at radius 1 is 0.604 bits per heavy atom. The van der Waals surface area contributed by atoms with Crippen molar-refractivity contribution in [1.29, 1.82) is 0 Å². The number of aliphatic hydroxyl groups excluding tert-OH is 2. The van der Waals surface area contributed by atoms with Crippen molar-refractivity contribution in [2.24, 2.45) is 0 Å². The Balaban J connectivity index is 3.72. The molecule has 0 aromatic rings. The van der Waals surface area contributed by atoms with Gasteiger partial charge < -0.3 is 19.7 Å². The average molecular weight is 673 g/mol. The summed E-state index contributed by atoms with van der Waals surface area (Å²) >= 11 is 0. The molecule has 0 aromatic heterocycles. The number of rotatable bonds is 34. The molecular formula is C42H72O6. The monoisotopic (exact) mass is 673 g/mol. The minimum Gasteiger partial charge on any atom is -0.462 e. The summed E-state index contributed by atoms with van der Waals surface area (Å²) in [5.74, 6) is -0.698. The summed E-state index contributed by atoms with van der Waals surface area (Å²) in [6, 6.07) is 0. The highest BCUT2D eigenvalue weighted by atomic mass is 16.6. The molecule has 0 heterocycles. The topological polar surface area (TPSA) is 93.1 Å². The number of carbonyl (C=O) groups is 2. The smallest absolute Gasteiger partial charge is 0.306 e. The molecule has 2 N–H and O–H groups in total. The highest BCUT2D eigenvalue weighted by Crippen LogP contribution is 2.14. The maximum absolute atomic E-state index is 12.2. The molecule has 0 saturated carbocycles. The second-order valence-corrected chi connectivity index (χ2v) is 12.8. The van der Waals surface area contributed by atoms with Crippen LogP contribution in [0.3, 0.4) is 0 Å². The van der Waals surface area contributed by atoms with E-state index in [-0.39, 0.29) is 31.6 Å². The lowest BCUT2D eigenvalue weighted by molar-refractivity contribution is -0.161. The third-order valence-corrected chi connectivity index (χ3v) is 8.16. The zero-order valence-electron chi connectivity index (χ0n) is 30.8. The molecule has 0 aromatic carbocycles. The molecule has 0 bridgehead atoms. The van der Waals surface area contributed by atoms with Crippen LogP contribution in [0.2, 0.25) is 0 Å². The first kappa shape index (κ1) is 45.6. The Bertz CT molecular complexity index is 871. The molecule has 0 amide bonds. The van der Waals surface area contributed by atoms with Crippen LogP contribution < -0.4 is 0 Å². The van der Waals surface area contributed by atoms with Crippen molar-refractivity contribution in [1.82, 2.24) is 0 Å². The first-order valence-electron chi connectivity index (χ1n) is 19.5. The van der Waals surface area contributed by atoms with Crippen LogP contribution in [-0.2, 0) is 19.1 Å². The van der Waals surface area contributed by atoms with Gasteiger partial charge in [-0.3, -0.25) is 9.59 Å². The summed E-state index contributed by atoms with van der Waals surface area (Å²) < 4.78 is 10.5. The van der Waals surface area contributed by atoms with Crippen molar-refractivity contribution < 1.29 is 29.3 Å². The van der Waals surface area contributed by atoms with Crippen molar-refractivity contribution in [2.75, 3.05) is 13.2 Å². The van der Waals surface area contributed by atoms with E-state index in [1.165, 1.54) is 83.5 Å². The number of hydrogen-bond donors (Lipinski definition) is 2. The van der Waals surface area contributed by atoms with Crippen LogP contribution in [0.15, 0.2) is 60.8 Å². The molecule has 48 heavy (non-hydrogen) atoms. The fraction of sp³-hybridized carbons (Fsp3) is 0.714. The third kappa shape index (κ3) is 34.9. The van der Waals surface area contributed by atoms with Crippen LogP contribution in [0.4, 0.5) is 0 Å². The van der Waals surface area contributed by atoms with E-state index in [9.17, 15) is 19.8 Å². The van der Waals surface area contributed by atoms with Gasteiger partial charge in [-0.05, 0) is 44.9 Å². The summed E-state index contributed by atoms with van der Waals surface area (Å²) in [4.78, 5) is 24.2. The number of ether oxygens (including phenoxy) is 2. The Kier molecular flexibility index (Phi) is 35.5. The fourth-order valence-corrected chi connectivity index (χ4v) is 5.20. The lowest BCUT2D eigenvalue weighted by atomic mass is 10.0. The van der Waals surface area contributed by atoms with Gasteiger partial charge in [-0.25, -0.2) is 0 Å². The summed E-state index contributed by atoms with van der Waals surface area (Å²) in [5, 5.41) is 19.5. The third-order valence-electron chi connectivity index (χ3n) is 8.16. The van der Waals surface area contributed by atoms with Gasteiger partial charge in [0.25, 0.3) is 0 Å². The van der Waals surface area contributed by atoms with Crippen LogP contribution in [-0.4, -0.2) is 47.6 Å². The molecule has 0 aliphatic carbocycles. The quantitative estimate of drug-likeness (QED) is 0.0306. The summed E-state index contributed by atoms with van der Waals surface area (Å²) in [7, 11) is 0. The molecule has 0 radical (unpaired) electrons. The first-order valence-corrected chi connectivity index (χ1v) is 19.5. The zero-order valence-corrected chi connectivity index (χ0v) is 30.8. The van der Waals surface area contributed by atoms with Crippen molar-refractivity contribution in [3.8, 4) is 0 Å². The van der Waals surface area contributed by atoms with Gasteiger partial charge in [0.05, 0.1) is 12.7 Å². The number of esters is 2. The highest BCUT2D eigenvalue weighted by molar-refractivity contribution is 5.70. The van der Waals surface area contributed by atoms with Crippen LogP contribution in [0, 0.1) is 0 Å². The van der Waals surface area contributed by atoms with Gasteiger partial charge in [0.2, 0.25) is 0 Å². The number of unbranched alkanes of at least 4 members (excludes halogenated alkanes) is 16. The van der Waals surface area contributed by atoms with Crippen molar-refractivity contribution >= 4 is 11.9 Å². The van der Waals surface area contributed by atoms with Crippen LogP contribution in [0.25, 0.3) is 0 Å². The maximum Gasteiger partial charge on any atom is 0.306 e. The van der Waals surface area contributed by atoms with E-state index < -0.39 is 12.2 Å². The van der Waals surface area contributed by atoms with Gasteiger partial charge in [-0.2, -0.15) is 0 Å². The molecule has 0 rings (SSSR count). The lowest BCUT2D eigenvalue weighted by Gasteiger charge is -2.15. The zero-order chi connectivity index (χ0) is 35.2. The van der Waals surface area contributed by atoms with E-state index in [2.05, 4.69) is 32.1 Å². The number of allylic oxidation sites excluding steroid dienone is 8. The predicted molar refractivity (Wildman–Crippen MR) is 202 cm³/mol. The highest BCUT2D eigenvalue weighted by Gasteiger charge is 2.16. The van der Waals surface area contributed by atoms with Crippen LogP contribution in [0.1, 0.15) is 168 Å². The Morgan fingerprint density at radius 2 is 1.15 bits per heavy atom. The SMILES string of the molecule is CC/C=C\C/C=C\CC(O)/C=C/C=C\C/C=C\CCCC(=O)OC[C@H](CO)OC(=O)CCCCCCCCCCCCCCCCCC. The van der Waals surface area contributed by atoms with Crippen LogP contribution in [0.5, 0.6) is 0 Å². The van der Waals surface area contributed by atoms with Crippen molar-refractivity contribution in [3.05, 3.63) is 60.8 Å². The standard InChI is InChI=1S/C42H72O6/c1-3-5-7-9-11-12-13-14-15-16-17-18-19-24-28-32-36-42(46)48-40(37-43)38-47-41(45)35-31-27-23-21-20-22-26-30-34-39(44)33-29-25-10-8-6-4-2/h6,8,21-23,25-26,29-30,34,39-40,43-44H,3-5,7,9-20,24,27-28,31-33,35-38H2,1-2H3/b8-6-,23-21-,26-22-,29-25-,34-30+/t39?,40-/m0/s1. The average Bonchev–Trinajstić information content (AvgIpc) is 3.08. The van der Waals surface area contributed by atoms with E-state index in [1.807, 2.05) is 36.5 Å². The minimum absolute atomic E-state index is 0.116. The molecule has 6 nitrogen and oxygen atoms in total. The second-order valence-electron chi connectivity index (χ2n) is 12.8. The maximum atomic E-state index is 12.2. The van der Waals surface area contributed by atoms with Gasteiger partial charge in [0.15, 0.2) is 6.10 Å². The van der Waals surface area contributed by atoms with Crippen molar-refractivity contribution in [3.63, 3.8) is 0 Å². The largest absolute Gasteiger partial charge is 0.462 e. The first-order chi connectivity index (χ1) is 23.5. The molecule has 2 atom stereocenters. The molecule has 1 unspecified atom stereocenters. The predicted octanol–water partition coefficient (Wildman–Crippen LogP) is 11.0. The molecule has 6 heteroatoms. The lowest BCUT2D eigenvalue weighted by Crippen LogP contribution is -2.28. The van der Waals surface area contributed by atoms with E-state index in [1.54, 1.807) is 6.08 Å². The summed E-state index contributed by atoms with van der Waals surface area (Å²) in [5.41, 5.74) is 0. The Morgan fingerprint density at radius 3 is 1.75 bits per heavy atom. The van der Waals surface area contributed by atoms with Crippen molar-refractivity contribution in [2.45, 2.75) is 180 Å². The Hall–Kier alpha value is -2.44.